The van der Waals surface area contributed by atoms with Gasteiger partial charge < -0.3 is 4.55 Å². The first-order valence-electron chi connectivity index (χ1n) is 13.5. The van der Waals surface area contributed by atoms with E-state index in [0.717, 1.165) is 47.4 Å². The summed E-state index contributed by atoms with van der Waals surface area (Å²) in [5.74, 6) is 0. The third-order valence-corrected chi connectivity index (χ3v) is 10.4. The summed E-state index contributed by atoms with van der Waals surface area (Å²) >= 11 is -0.0171. The van der Waals surface area contributed by atoms with E-state index < -0.39 is 10.1 Å². The number of fused-ring (bicyclic) bond motifs is 2. The van der Waals surface area contributed by atoms with Gasteiger partial charge in [-0.3, -0.25) is 0 Å². The van der Waals surface area contributed by atoms with E-state index in [0.29, 0.717) is 0 Å². The van der Waals surface area contributed by atoms with Crippen molar-refractivity contribution in [1.82, 2.24) is 0 Å². The van der Waals surface area contributed by atoms with Crippen molar-refractivity contribution < 1.29 is 34.2 Å². The van der Waals surface area contributed by atoms with E-state index in [4.69, 9.17) is 0 Å². The molecule has 39 heavy (non-hydrogen) atoms. The van der Waals surface area contributed by atoms with Crippen LogP contribution >= 0.6 is 0 Å². The van der Waals surface area contributed by atoms with Crippen LogP contribution in [0.2, 0.25) is 0 Å². The molecule has 5 aromatic rings. The van der Waals surface area contributed by atoms with Gasteiger partial charge in [0.05, 0.1) is 4.90 Å². The predicted molar refractivity (Wildman–Crippen MR) is 157 cm³/mol. The third kappa shape index (κ3) is 6.89. The Hall–Kier alpha value is -2.74. The number of halogens is 1. The molecule has 0 saturated carbocycles. The zero-order valence-electron chi connectivity index (χ0n) is 23.0. The van der Waals surface area contributed by atoms with Crippen molar-refractivity contribution in [3.05, 3.63) is 120 Å². The minimum absolute atomic E-state index is 0.0171. The van der Waals surface area contributed by atoms with Crippen molar-refractivity contribution in [2.24, 2.45) is 0 Å². The SMILES string of the molecule is CCc1c2ccccc2c(CC)c2cc(S(=O)(=O)[O-])ccc12.CCc1cccc([I-]c2cccc(CC)c2)c1. The molecular weight excluding hydrogens is 615 g/mol. The van der Waals surface area contributed by atoms with Crippen molar-refractivity contribution in [2.75, 3.05) is 0 Å². The van der Waals surface area contributed by atoms with Crippen LogP contribution in [0.25, 0.3) is 21.5 Å². The van der Waals surface area contributed by atoms with Gasteiger partial charge in [-0.25, -0.2) is 8.42 Å². The standard InChI is InChI=1S/C18H18O3S.C16H18I/c1-3-13-15-7-5-6-8-16(15)14(4-2)18-11-12(22(19,20)21)9-10-17(13)18;1-3-13-7-5-9-15(11-13)17-16-10-6-8-14(4-2)12-16/h5-11H,3-4H2,1-2H3,(H,19,20,21);5-12H,3-4H2,1-2H3/q;-1/p-1. The van der Waals surface area contributed by atoms with Crippen LogP contribution in [0, 0.1) is 7.14 Å². The molecule has 204 valence electrons. The number of rotatable bonds is 7. The normalized spacial score (nSPS) is 11.5. The van der Waals surface area contributed by atoms with Crippen molar-refractivity contribution in [3.8, 4) is 0 Å². The summed E-state index contributed by atoms with van der Waals surface area (Å²) in [4.78, 5) is -0.160. The second-order valence-corrected chi connectivity index (χ2v) is 13.8. The fourth-order valence-corrected chi connectivity index (χ4v) is 8.11. The van der Waals surface area contributed by atoms with Gasteiger partial charge in [-0.2, -0.15) is 0 Å². The quantitative estimate of drug-likeness (QED) is 0.142. The molecule has 0 spiro atoms. The van der Waals surface area contributed by atoms with Gasteiger partial charge in [-0.15, -0.1) is 0 Å². The summed E-state index contributed by atoms with van der Waals surface area (Å²) in [7, 11) is -4.44. The maximum absolute atomic E-state index is 11.3. The van der Waals surface area contributed by atoms with Gasteiger partial charge in [0.1, 0.15) is 10.1 Å². The Morgan fingerprint density at radius 1 is 0.564 bits per heavy atom. The van der Waals surface area contributed by atoms with Gasteiger partial charge in [0, 0.05) is 0 Å². The molecule has 0 radical (unpaired) electrons. The molecule has 0 N–H and O–H groups in total. The van der Waals surface area contributed by atoms with Gasteiger partial charge in [0.2, 0.25) is 0 Å². The van der Waals surface area contributed by atoms with Crippen molar-refractivity contribution >= 4 is 31.7 Å². The van der Waals surface area contributed by atoms with Crippen LogP contribution < -0.4 is 21.2 Å². The molecule has 0 atom stereocenters. The number of benzene rings is 5. The molecule has 0 amide bonds. The van der Waals surface area contributed by atoms with Crippen molar-refractivity contribution in [3.63, 3.8) is 0 Å². The molecule has 5 heteroatoms. The van der Waals surface area contributed by atoms with E-state index in [1.807, 2.05) is 19.1 Å². The van der Waals surface area contributed by atoms with Gasteiger partial charge in [0.15, 0.2) is 0 Å². The van der Waals surface area contributed by atoms with E-state index in [-0.39, 0.29) is 26.1 Å². The summed E-state index contributed by atoms with van der Waals surface area (Å²) < 4.78 is 37.1. The summed E-state index contributed by atoms with van der Waals surface area (Å²) in [5, 5.41) is 4.24. The van der Waals surface area contributed by atoms with Crippen LogP contribution in [0.1, 0.15) is 49.9 Å². The van der Waals surface area contributed by atoms with Crippen LogP contribution in [0.15, 0.2) is 95.9 Å². The van der Waals surface area contributed by atoms with Gasteiger partial charge >= 0.3 is 115 Å². The summed E-state index contributed by atoms with van der Waals surface area (Å²) in [6.07, 6.45) is 3.90. The second-order valence-electron chi connectivity index (χ2n) is 9.43. The Labute approximate surface area is 243 Å². The van der Waals surface area contributed by atoms with Crippen LogP contribution in [-0.4, -0.2) is 13.0 Å². The molecule has 0 aliphatic carbocycles. The Balaban J connectivity index is 0.000000187. The van der Waals surface area contributed by atoms with Crippen LogP contribution in [0.5, 0.6) is 0 Å². The van der Waals surface area contributed by atoms with Gasteiger partial charge in [-0.1, -0.05) is 44.2 Å². The molecule has 0 aromatic heterocycles. The maximum atomic E-state index is 11.3. The summed E-state index contributed by atoms with van der Waals surface area (Å²) in [6.45, 7) is 8.57. The zero-order chi connectivity index (χ0) is 28.0. The molecule has 0 heterocycles. The monoisotopic (exact) mass is 650 g/mol. The molecule has 0 aliphatic heterocycles. The Morgan fingerprint density at radius 2 is 1.05 bits per heavy atom. The first-order chi connectivity index (χ1) is 18.8. The third-order valence-electron chi connectivity index (χ3n) is 7.03. The Kier molecular flexibility index (Phi) is 9.81. The molecule has 0 unspecified atom stereocenters. The van der Waals surface area contributed by atoms with Crippen LogP contribution in [0.3, 0.4) is 0 Å². The molecular formula is C34H35IO3S-2. The number of hydrogen-bond acceptors (Lipinski definition) is 3. The topological polar surface area (TPSA) is 57.2 Å². The fraction of sp³-hybridized carbons (Fsp3) is 0.235. The van der Waals surface area contributed by atoms with Crippen LogP contribution in [0.4, 0.5) is 0 Å². The Morgan fingerprint density at radius 3 is 1.51 bits per heavy atom. The fourth-order valence-electron chi connectivity index (χ4n) is 5.01. The van der Waals surface area contributed by atoms with E-state index >= 15 is 0 Å². The van der Waals surface area contributed by atoms with Gasteiger partial charge in [-0.05, 0) is 57.6 Å². The van der Waals surface area contributed by atoms with E-state index in [9.17, 15) is 13.0 Å². The molecule has 0 aliphatic rings. The average molecular weight is 651 g/mol. The Bertz CT molecular complexity index is 1660. The van der Waals surface area contributed by atoms with E-state index in [1.54, 1.807) is 6.07 Å². The second kappa shape index (κ2) is 13.1. The summed E-state index contributed by atoms with van der Waals surface area (Å²) in [5.41, 5.74) is 5.19. The van der Waals surface area contributed by atoms with E-state index in [1.165, 1.54) is 41.3 Å². The van der Waals surface area contributed by atoms with Gasteiger partial charge in [0.25, 0.3) is 0 Å². The first kappa shape index (κ1) is 29.2. The number of aryl methyl sites for hydroxylation is 4. The number of hydrogen-bond donors (Lipinski definition) is 0. The molecule has 3 nitrogen and oxygen atoms in total. The summed E-state index contributed by atoms with van der Waals surface area (Å²) in [6, 6.07) is 31.0. The van der Waals surface area contributed by atoms with Crippen LogP contribution in [-0.2, 0) is 35.8 Å². The predicted octanol–water partition coefficient (Wildman–Crippen LogP) is 4.96. The molecule has 5 rings (SSSR count). The molecule has 0 bridgehead atoms. The van der Waals surface area contributed by atoms with Crippen molar-refractivity contribution in [2.45, 2.75) is 58.3 Å². The first-order valence-corrected chi connectivity index (χ1v) is 17.1. The van der Waals surface area contributed by atoms with Crippen molar-refractivity contribution in [1.29, 1.82) is 0 Å². The average Bonchev–Trinajstić information content (AvgIpc) is 2.95. The molecule has 5 aromatic carbocycles. The van der Waals surface area contributed by atoms with E-state index in [2.05, 4.69) is 81.4 Å². The molecule has 0 fully saturated rings. The minimum atomic E-state index is -4.44. The zero-order valence-corrected chi connectivity index (χ0v) is 26.0. The molecule has 0 saturated heterocycles.